The Bertz CT molecular complexity index is 388. The van der Waals surface area contributed by atoms with Gasteiger partial charge >= 0.3 is 0 Å². The molecular weight excluding hydrogens is 236 g/mol. The maximum absolute atomic E-state index is 9.61. The van der Waals surface area contributed by atoms with Crippen molar-refractivity contribution in [3.63, 3.8) is 0 Å². The molecular formula is C16H26N2O. The smallest absolute Gasteiger partial charge is 0.115 e. The molecule has 0 aliphatic carbocycles. The maximum atomic E-state index is 9.61. The molecule has 1 aromatic carbocycles. The molecule has 1 aromatic rings. The fourth-order valence-electron chi connectivity index (χ4n) is 2.92. The van der Waals surface area contributed by atoms with Crippen LogP contribution in [0.4, 0.5) is 0 Å². The third kappa shape index (κ3) is 3.95. The first-order valence-electron chi connectivity index (χ1n) is 7.47. The van der Waals surface area contributed by atoms with Crippen molar-refractivity contribution >= 4 is 0 Å². The van der Waals surface area contributed by atoms with Crippen LogP contribution in [0.25, 0.3) is 0 Å². The Labute approximate surface area is 116 Å². The van der Waals surface area contributed by atoms with Gasteiger partial charge in [0.2, 0.25) is 0 Å². The molecule has 2 rings (SSSR count). The van der Waals surface area contributed by atoms with E-state index in [-0.39, 0.29) is 0 Å². The quantitative estimate of drug-likeness (QED) is 0.856. The summed E-state index contributed by atoms with van der Waals surface area (Å²) in [4.78, 5) is 2.48. The van der Waals surface area contributed by atoms with Gasteiger partial charge in [0, 0.05) is 18.6 Å². The standard InChI is InChI=1S/C16H26N2O/c1-3-18(12-15-8-4-5-10-17-15)13(2)14-7-6-9-16(19)11-14/h6-7,9,11,13,15,17,19H,3-5,8,10,12H2,1-2H3. The number of benzene rings is 1. The zero-order chi connectivity index (χ0) is 13.7. The Balaban J connectivity index is 1.99. The van der Waals surface area contributed by atoms with E-state index < -0.39 is 0 Å². The Morgan fingerprint density at radius 1 is 1.42 bits per heavy atom. The predicted octanol–water partition coefficient (Wildman–Crippen LogP) is 2.92. The van der Waals surface area contributed by atoms with Gasteiger partial charge in [0.25, 0.3) is 0 Å². The van der Waals surface area contributed by atoms with Gasteiger partial charge in [0.05, 0.1) is 0 Å². The summed E-state index contributed by atoms with van der Waals surface area (Å²) < 4.78 is 0. The summed E-state index contributed by atoms with van der Waals surface area (Å²) >= 11 is 0. The molecule has 0 saturated carbocycles. The third-order valence-electron chi connectivity index (χ3n) is 4.17. The highest BCUT2D eigenvalue weighted by Gasteiger charge is 2.20. The van der Waals surface area contributed by atoms with Crippen molar-refractivity contribution in [3.8, 4) is 5.75 Å². The van der Waals surface area contributed by atoms with E-state index in [2.05, 4.69) is 30.1 Å². The monoisotopic (exact) mass is 262 g/mol. The number of piperidine rings is 1. The van der Waals surface area contributed by atoms with E-state index in [1.165, 1.54) is 24.8 Å². The Morgan fingerprint density at radius 3 is 2.89 bits per heavy atom. The topological polar surface area (TPSA) is 35.5 Å². The van der Waals surface area contributed by atoms with E-state index >= 15 is 0 Å². The van der Waals surface area contributed by atoms with Crippen LogP contribution < -0.4 is 5.32 Å². The number of hydrogen-bond donors (Lipinski definition) is 2. The second-order valence-electron chi connectivity index (χ2n) is 5.51. The van der Waals surface area contributed by atoms with Crippen molar-refractivity contribution in [1.29, 1.82) is 0 Å². The minimum Gasteiger partial charge on any atom is -0.508 e. The molecule has 1 heterocycles. The number of aromatic hydroxyl groups is 1. The number of nitrogens with zero attached hydrogens (tertiary/aromatic N) is 1. The summed E-state index contributed by atoms with van der Waals surface area (Å²) in [5, 5.41) is 13.2. The highest BCUT2D eigenvalue weighted by molar-refractivity contribution is 5.29. The van der Waals surface area contributed by atoms with Gasteiger partial charge in [-0.25, -0.2) is 0 Å². The molecule has 3 heteroatoms. The third-order valence-corrected chi connectivity index (χ3v) is 4.17. The van der Waals surface area contributed by atoms with E-state index in [0.717, 1.165) is 19.6 Å². The summed E-state index contributed by atoms with van der Waals surface area (Å²) in [6, 6.07) is 8.60. The molecule has 1 aliphatic rings. The first kappa shape index (κ1) is 14.4. The number of nitrogens with one attached hydrogen (secondary N) is 1. The normalized spacial score (nSPS) is 21.5. The van der Waals surface area contributed by atoms with Gasteiger partial charge in [-0.05, 0) is 50.6 Å². The molecule has 1 fully saturated rings. The lowest BCUT2D eigenvalue weighted by atomic mass is 10.0. The van der Waals surface area contributed by atoms with Crippen molar-refractivity contribution in [2.24, 2.45) is 0 Å². The molecule has 2 unspecified atom stereocenters. The largest absolute Gasteiger partial charge is 0.508 e. The molecule has 0 amide bonds. The molecule has 1 saturated heterocycles. The van der Waals surface area contributed by atoms with Gasteiger partial charge in [-0.2, -0.15) is 0 Å². The average Bonchev–Trinajstić information content (AvgIpc) is 2.45. The first-order chi connectivity index (χ1) is 9.20. The maximum Gasteiger partial charge on any atom is 0.115 e. The van der Waals surface area contributed by atoms with Crippen LogP contribution in [-0.2, 0) is 0 Å². The summed E-state index contributed by atoms with van der Waals surface area (Å²) in [5.41, 5.74) is 1.19. The highest BCUT2D eigenvalue weighted by atomic mass is 16.3. The lowest BCUT2D eigenvalue weighted by Crippen LogP contribution is -2.44. The van der Waals surface area contributed by atoms with Crippen LogP contribution in [0.3, 0.4) is 0 Å². The lowest BCUT2D eigenvalue weighted by molar-refractivity contribution is 0.184. The van der Waals surface area contributed by atoms with Gasteiger partial charge in [-0.3, -0.25) is 4.90 Å². The fourth-order valence-corrected chi connectivity index (χ4v) is 2.92. The second kappa shape index (κ2) is 6.92. The van der Waals surface area contributed by atoms with E-state index in [1.54, 1.807) is 6.07 Å². The van der Waals surface area contributed by atoms with E-state index in [1.807, 2.05) is 12.1 Å². The fraction of sp³-hybridized carbons (Fsp3) is 0.625. The van der Waals surface area contributed by atoms with Crippen LogP contribution in [0.5, 0.6) is 5.75 Å². The zero-order valence-electron chi connectivity index (χ0n) is 12.1. The van der Waals surface area contributed by atoms with Crippen molar-refractivity contribution in [2.45, 2.75) is 45.2 Å². The minimum absolute atomic E-state index is 0.348. The molecule has 2 N–H and O–H groups in total. The van der Waals surface area contributed by atoms with Crippen molar-refractivity contribution in [3.05, 3.63) is 29.8 Å². The van der Waals surface area contributed by atoms with Crippen LogP contribution in [-0.4, -0.2) is 35.7 Å². The summed E-state index contributed by atoms with van der Waals surface area (Å²) in [6.07, 6.45) is 3.93. The second-order valence-corrected chi connectivity index (χ2v) is 5.51. The van der Waals surface area contributed by atoms with Crippen molar-refractivity contribution in [1.82, 2.24) is 10.2 Å². The van der Waals surface area contributed by atoms with Crippen LogP contribution in [0.2, 0.25) is 0 Å². The SMILES string of the molecule is CCN(CC1CCCCN1)C(C)c1cccc(O)c1. The van der Waals surface area contributed by atoms with Gasteiger partial charge in [-0.15, -0.1) is 0 Å². The Hall–Kier alpha value is -1.06. The highest BCUT2D eigenvalue weighted by Crippen LogP contribution is 2.24. The zero-order valence-corrected chi connectivity index (χ0v) is 12.1. The number of rotatable bonds is 5. The van der Waals surface area contributed by atoms with Crippen molar-refractivity contribution < 1.29 is 5.11 Å². The molecule has 2 atom stereocenters. The minimum atomic E-state index is 0.348. The van der Waals surface area contributed by atoms with Crippen LogP contribution in [0, 0.1) is 0 Å². The van der Waals surface area contributed by atoms with Gasteiger partial charge in [-0.1, -0.05) is 25.5 Å². The van der Waals surface area contributed by atoms with Crippen LogP contribution in [0.1, 0.15) is 44.7 Å². The Morgan fingerprint density at radius 2 is 2.26 bits per heavy atom. The molecule has 0 spiro atoms. The Kier molecular flexibility index (Phi) is 5.23. The summed E-state index contributed by atoms with van der Waals surface area (Å²) in [5.74, 6) is 0.358. The van der Waals surface area contributed by atoms with Gasteiger partial charge in [0.1, 0.15) is 5.75 Å². The number of phenols is 1. The van der Waals surface area contributed by atoms with E-state index in [4.69, 9.17) is 0 Å². The van der Waals surface area contributed by atoms with Gasteiger partial charge in [0.15, 0.2) is 0 Å². The average molecular weight is 262 g/mol. The molecule has 0 bridgehead atoms. The molecule has 0 radical (unpaired) electrons. The van der Waals surface area contributed by atoms with E-state index in [0.29, 0.717) is 17.8 Å². The molecule has 19 heavy (non-hydrogen) atoms. The van der Waals surface area contributed by atoms with Crippen molar-refractivity contribution in [2.75, 3.05) is 19.6 Å². The van der Waals surface area contributed by atoms with E-state index in [9.17, 15) is 5.11 Å². The molecule has 3 nitrogen and oxygen atoms in total. The number of phenolic OH excluding ortho intramolecular Hbond substituents is 1. The summed E-state index contributed by atoms with van der Waals surface area (Å²) in [6.45, 7) is 7.72. The van der Waals surface area contributed by atoms with Crippen LogP contribution >= 0.6 is 0 Å². The summed E-state index contributed by atoms with van der Waals surface area (Å²) in [7, 11) is 0. The van der Waals surface area contributed by atoms with Gasteiger partial charge < -0.3 is 10.4 Å². The molecule has 0 aromatic heterocycles. The predicted molar refractivity (Wildman–Crippen MR) is 79.4 cm³/mol. The molecule has 106 valence electrons. The number of likely N-dealkylation sites (N-methyl/N-ethyl adjacent to an activating group) is 1. The first-order valence-corrected chi connectivity index (χ1v) is 7.47. The lowest BCUT2D eigenvalue weighted by Gasteiger charge is -2.34. The van der Waals surface area contributed by atoms with Crippen LogP contribution in [0.15, 0.2) is 24.3 Å². The number of hydrogen-bond acceptors (Lipinski definition) is 3. The molecule has 1 aliphatic heterocycles.